The van der Waals surface area contributed by atoms with Gasteiger partial charge in [-0.1, -0.05) is 32.3 Å². The molecule has 1 spiro atoms. The first kappa shape index (κ1) is 34.4. The molecule has 266 valence electrons. The molecule has 6 aliphatic rings. The van der Waals surface area contributed by atoms with Crippen LogP contribution < -0.4 is 15.5 Å². The quantitative estimate of drug-likeness (QED) is 0.294. The minimum absolute atomic E-state index is 0.0326. The van der Waals surface area contributed by atoms with E-state index < -0.39 is 11.8 Å². The topological polar surface area (TPSA) is 124 Å². The predicted molar refractivity (Wildman–Crippen MR) is 187 cm³/mol. The zero-order chi connectivity index (χ0) is 34.3. The smallest absolute Gasteiger partial charge is 0.246 e. The van der Waals surface area contributed by atoms with Crippen LogP contribution in [0.15, 0.2) is 30.9 Å². The normalized spacial score (nSPS) is 35.9. The summed E-state index contributed by atoms with van der Waals surface area (Å²) in [5.41, 5.74) is 0.877. The average molecular weight is 674 g/mol. The second-order valence-electron chi connectivity index (χ2n) is 15.7. The minimum Gasteiger partial charge on any atom is -0.508 e. The van der Waals surface area contributed by atoms with E-state index in [4.69, 9.17) is 4.74 Å². The Morgan fingerprint density at radius 3 is 2.59 bits per heavy atom. The molecule has 0 bridgehead atoms. The number of nitriles is 1. The number of nitrogens with zero attached hydrogens (tertiary/aromatic N) is 5. The molecule has 7 atom stereocenters. The Bertz CT molecular complexity index is 1460. The molecule has 2 amide bonds. The monoisotopic (exact) mass is 673 g/mol. The van der Waals surface area contributed by atoms with Gasteiger partial charge >= 0.3 is 0 Å². The first-order chi connectivity index (χ1) is 23.7. The Kier molecular flexibility index (Phi) is 9.81. The van der Waals surface area contributed by atoms with Gasteiger partial charge in [0.15, 0.2) is 6.35 Å². The van der Waals surface area contributed by atoms with Crippen molar-refractivity contribution in [3.8, 4) is 11.8 Å². The number of carbonyl (C=O) groups excluding carboxylic acids is 2. The number of phenolic OH excluding ortho intramolecular Hbond substituents is 1. The van der Waals surface area contributed by atoms with Crippen molar-refractivity contribution in [3.63, 3.8) is 0 Å². The van der Waals surface area contributed by atoms with Crippen molar-refractivity contribution < 1.29 is 19.4 Å². The summed E-state index contributed by atoms with van der Waals surface area (Å²) in [4.78, 5) is 35.8. The van der Waals surface area contributed by atoms with E-state index in [1.807, 2.05) is 24.1 Å². The van der Waals surface area contributed by atoms with Crippen LogP contribution in [0.4, 0.5) is 5.69 Å². The molecule has 11 nitrogen and oxygen atoms in total. The van der Waals surface area contributed by atoms with Crippen molar-refractivity contribution >= 4 is 17.5 Å². The number of ether oxygens (including phenoxy) is 1. The molecule has 0 radical (unpaired) electrons. The zero-order valence-corrected chi connectivity index (χ0v) is 29.4. The van der Waals surface area contributed by atoms with Crippen molar-refractivity contribution in [1.82, 2.24) is 25.3 Å². The van der Waals surface area contributed by atoms with E-state index in [1.54, 1.807) is 11.0 Å². The summed E-state index contributed by atoms with van der Waals surface area (Å²) < 4.78 is 6.75. The summed E-state index contributed by atoms with van der Waals surface area (Å²) in [5.74, 6) is 0.608. The second kappa shape index (κ2) is 14.0. The number of carbonyl (C=O) groups is 2. The minimum atomic E-state index is -0.731. The molecule has 1 aromatic carbocycles. The van der Waals surface area contributed by atoms with E-state index in [0.29, 0.717) is 51.0 Å². The van der Waals surface area contributed by atoms with Crippen LogP contribution in [0.3, 0.4) is 0 Å². The second-order valence-corrected chi connectivity index (χ2v) is 15.7. The molecule has 0 aromatic heterocycles. The lowest BCUT2D eigenvalue weighted by Crippen LogP contribution is -2.79. The highest BCUT2D eigenvalue weighted by molar-refractivity contribution is 6.08. The lowest BCUT2D eigenvalue weighted by molar-refractivity contribution is -0.174. The Hall–Kier alpha value is -3.01. The fourth-order valence-corrected chi connectivity index (χ4v) is 10.8. The number of amides is 2. The van der Waals surface area contributed by atoms with Gasteiger partial charge in [0.05, 0.1) is 36.7 Å². The number of hydrogen-bond acceptors (Lipinski definition) is 9. The lowest BCUT2D eigenvalue weighted by atomic mass is 9.52. The van der Waals surface area contributed by atoms with Crippen LogP contribution in [-0.4, -0.2) is 109 Å². The fourth-order valence-electron chi connectivity index (χ4n) is 10.8. The van der Waals surface area contributed by atoms with E-state index in [1.165, 1.54) is 38.2 Å². The third-order valence-electron chi connectivity index (χ3n) is 13.3. The van der Waals surface area contributed by atoms with Crippen molar-refractivity contribution in [1.29, 1.82) is 5.26 Å². The standard InChI is InChI=1S/C38H55N7O4/c1-4-33(47)45-21-20-44(24-27(45)15-18-39)34-38(26-10-7-5-6-8-11-26)17-16-37(30-22-29(46)13-14-31(30)43(3)35(37)48)23-32(38)40-36(41-34)49-25-28-12-9-19-42(28)2/h4,13-14,22,26-28,32,34,36,40-41,46H,1,5-12,15-17,19-21,23-25H2,2-3H3/t27-,28-,32?,34?,36?,37+,38?/m0/s1. The van der Waals surface area contributed by atoms with E-state index in [-0.39, 0.29) is 47.6 Å². The Balaban J connectivity index is 1.28. The van der Waals surface area contributed by atoms with Crippen LogP contribution in [-0.2, 0) is 19.7 Å². The lowest BCUT2D eigenvalue weighted by Gasteiger charge is -2.63. The van der Waals surface area contributed by atoms with Crippen molar-refractivity contribution in [2.75, 3.05) is 51.8 Å². The van der Waals surface area contributed by atoms with Gasteiger partial charge in [0.1, 0.15) is 5.75 Å². The highest BCUT2D eigenvalue weighted by Gasteiger charge is 2.64. The third kappa shape index (κ3) is 5.97. The van der Waals surface area contributed by atoms with Crippen LogP contribution in [0, 0.1) is 22.7 Å². The molecule has 11 heteroatoms. The number of likely N-dealkylation sites (tertiary alicyclic amines) is 1. The van der Waals surface area contributed by atoms with Crippen LogP contribution >= 0.6 is 0 Å². The van der Waals surface area contributed by atoms with Crippen LogP contribution in [0.1, 0.15) is 82.6 Å². The predicted octanol–water partition coefficient (Wildman–Crippen LogP) is 3.64. The molecule has 3 N–H and O–H groups in total. The van der Waals surface area contributed by atoms with Gasteiger partial charge < -0.3 is 24.5 Å². The first-order valence-electron chi connectivity index (χ1n) is 18.7. The number of anilines is 1. The molecule has 2 aliphatic carbocycles. The summed E-state index contributed by atoms with van der Waals surface area (Å²) >= 11 is 0. The Labute approximate surface area is 291 Å². The Morgan fingerprint density at radius 2 is 1.88 bits per heavy atom. The number of aromatic hydroxyl groups is 1. The van der Waals surface area contributed by atoms with E-state index in [2.05, 4.69) is 40.1 Å². The highest BCUT2D eigenvalue weighted by Crippen LogP contribution is 2.60. The van der Waals surface area contributed by atoms with Crippen molar-refractivity contribution in [2.45, 2.75) is 113 Å². The van der Waals surface area contributed by atoms with Gasteiger partial charge in [-0.15, -0.1) is 0 Å². The Morgan fingerprint density at radius 1 is 1.08 bits per heavy atom. The first-order valence-corrected chi connectivity index (χ1v) is 18.7. The third-order valence-corrected chi connectivity index (χ3v) is 13.3. The number of likely N-dealkylation sites (N-methyl/N-ethyl adjacent to an activating group) is 2. The number of fused-ring (bicyclic) bond motifs is 3. The number of benzene rings is 1. The van der Waals surface area contributed by atoms with Gasteiger partial charge in [-0.3, -0.25) is 25.1 Å². The maximum absolute atomic E-state index is 14.4. The van der Waals surface area contributed by atoms with E-state index in [9.17, 15) is 20.0 Å². The van der Waals surface area contributed by atoms with Crippen LogP contribution in [0.2, 0.25) is 0 Å². The molecule has 4 aliphatic heterocycles. The molecule has 5 fully saturated rings. The maximum Gasteiger partial charge on any atom is 0.246 e. The fraction of sp³-hybridized carbons (Fsp3) is 0.711. The van der Waals surface area contributed by atoms with Gasteiger partial charge in [-0.05, 0) is 94.3 Å². The highest BCUT2D eigenvalue weighted by atomic mass is 16.5. The summed E-state index contributed by atoms with van der Waals surface area (Å²) in [7, 11) is 4.03. The summed E-state index contributed by atoms with van der Waals surface area (Å²) in [6.07, 6.45) is 12.8. The van der Waals surface area contributed by atoms with Crippen molar-refractivity contribution in [3.05, 3.63) is 36.4 Å². The van der Waals surface area contributed by atoms with Gasteiger partial charge in [-0.2, -0.15) is 5.26 Å². The molecule has 2 saturated carbocycles. The number of rotatable bonds is 7. The van der Waals surface area contributed by atoms with Crippen LogP contribution in [0.25, 0.3) is 0 Å². The number of hydrogen-bond donors (Lipinski definition) is 3. The molecular weight excluding hydrogens is 618 g/mol. The summed E-state index contributed by atoms with van der Waals surface area (Å²) in [6, 6.07) is 7.83. The van der Waals surface area contributed by atoms with Gasteiger partial charge in [0, 0.05) is 49.9 Å². The van der Waals surface area contributed by atoms with Crippen molar-refractivity contribution in [2.24, 2.45) is 11.3 Å². The summed E-state index contributed by atoms with van der Waals surface area (Å²) in [6.45, 7) is 7.23. The molecular formula is C38H55N7O4. The summed E-state index contributed by atoms with van der Waals surface area (Å²) in [5, 5.41) is 28.5. The average Bonchev–Trinajstić information content (AvgIpc) is 3.44. The number of nitrogens with one attached hydrogen (secondary N) is 2. The van der Waals surface area contributed by atoms with Crippen LogP contribution in [0.5, 0.6) is 5.75 Å². The van der Waals surface area contributed by atoms with E-state index >= 15 is 0 Å². The molecule has 4 heterocycles. The SMILES string of the molecule is C=CC(=O)N1CCN(C2NC(OC[C@@H]3CCCN3C)NC3C[C@@]4(CCC32C2CCCCCC2)C(=O)N(C)c2ccc(O)cc24)C[C@@H]1CC#N. The molecule has 1 aromatic rings. The largest absolute Gasteiger partial charge is 0.508 e. The molecule has 7 rings (SSSR count). The zero-order valence-electron chi connectivity index (χ0n) is 29.4. The number of phenols is 1. The molecule has 3 saturated heterocycles. The maximum atomic E-state index is 14.4. The van der Waals surface area contributed by atoms with Gasteiger partial charge in [-0.25, -0.2) is 0 Å². The molecule has 4 unspecified atom stereocenters. The molecule has 49 heavy (non-hydrogen) atoms. The van der Waals surface area contributed by atoms with Gasteiger partial charge in [0.2, 0.25) is 11.8 Å². The number of piperazine rings is 1. The van der Waals surface area contributed by atoms with E-state index in [0.717, 1.165) is 43.5 Å². The van der Waals surface area contributed by atoms with Gasteiger partial charge in [0.25, 0.3) is 0 Å².